The molecule has 3 aliphatic rings. The maximum absolute atomic E-state index is 13.5. The molecular formula is C24H21N3O4. The van der Waals surface area contributed by atoms with Crippen molar-refractivity contribution in [3.63, 3.8) is 0 Å². The van der Waals surface area contributed by atoms with Crippen molar-refractivity contribution in [2.24, 2.45) is 16.9 Å². The fraction of sp³-hybridized carbons (Fsp3) is 0.250. The van der Waals surface area contributed by atoms with E-state index in [1.807, 2.05) is 25.1 Å². The minimum atomic E-state index is -0.850. The predicted octanol–water partition coefficient (Wildman–Crippen LogP) is 2.60. The number of hydrogen-bond acceptors (Lipinski definition) is 6. The van der Waals surface area contributed by atoms with Crippen LogP contribution in [0.5, 0.6) is 5.75 Å². The quantitative estimate of drug-likeness (QED) is 0.567. The highest BCUT2D eigenvalue weighted by atomic mass is 16.5. The van der Waals surface area contributed by atoms with Crippen molar-refractivity contribution in [3.8, 4) is 5.75 Å². The predicted molar refractivity (Wildman–Crippen MR) is 115 cm³/mol. The summed E-state index contributed by atoms with van der Waals surface area (Å²) in [6.45, 7) is 1.94. The number of Topliss-reactive ketones (excluding diaryl/α,β-unsaturated/α-hetero) is 1. The summed E-state index contributed by atoms with van der Waals surface area (Å²) < 4.78 is 5.17. The lowest BCUT2D eigenvalue weighted by molar-refractivity contribution is -0.123. The summed E-state index contributed by atoms with van der Waals surface area (Å²) in [5, 5.41) is 5.98. The number of hydrogen-bond donors (Lipinski definition) is 0. The first-order valence-corrected chi connectivity index (χ1v) is 10.1. The topological polar surface area (TPSA) is 79.3 Å². The van der Waals surface area contributed by atoms with E-state index in [2.05, 4.69) is 5.10 Å². The van der Waals surface area contributed by atoms with Crippen LogP contribution in [0, 0.1) is 18.8 Å². The number of methoxy groups -OCH3 is 1. The first-order valence-electron chi connectivity index (χ1n) is 10.1. The van der Waals surface area contributed by atoms with E-state index in [1.54, 1.807) is 60.8 Å². The highest BCUT2D eigenvalue weighted by Crippen LogP contribution is 2.46. The molecule has 0 spiro atoms. The Bertz CT molecular complexity index is 1120. The molecule has 5 rings (SSSR count). The number of rotatable bonds is 4. The van der Waals surface area contributed by atoms with E-state index in [-0.39, 0.29) is 17.6 Å². The van der Waals surface area contributed by atoms with Crippen LogP contribution in [0.1, 0.15) is 15.9 Å². The summed E-state index contributed by atoms with van der Waals surface area (Å²) in [5.41, 5.74) is 2.01. The van der Waals surface area contributed by atoms with Gasteiger partial charge in [-0.1, -0.05) is 23.8 Å². The molecule has 2 aromatic carbocycles. The summed E-state index contributed by atoms with van der Waals surface area (Å²) in [6.07, 6.45) is 5.18. The van der Waals surface area contributed by atoms with Crippen molar-refractivity contribution >= 4 is 29.5 Å². The molecule has 0 bridgehead atoms. The number of nitrogens with zero attached hydrogens (tertiary/aromatic N) is 3. The van der Waals surface area contributed by atoms with Gasteiger partial charge in [-0.25, -0.2) is 4.90 Å². The maximum Gasteiger partial charge on any atom is 0.240 e. The molecule has 7 nitrogen and oxygen atoms in total. The van der Waals surface area contributed by atoms with Gasteiger partial charge in [-0.2, -0.15) is 5.10 Å². The van der Waals surface area contributed by atoms with Crippen molar-refractivity contribution in [1.29, 1.82) is 0 Å². The molecule has 4 atom stereocenters. The Balaban J connectivity index is 1.55. The Morgan fingerprint density at radius 1 is 0.968 bits per heavy atom. The first kappa shape index (κ1) is 19.2. The first-order chi connectivity index (χ1) is 15.0. The molecule has 0 aliphatic carbocycles. The monoisotopic (exact) mass is 415 g/mol. The van der Waals surface area contributed by atoms with Gasteiger partial charge < -0.3 is 4.74 Å². The Labute approximate surface area is 179 Å². The smallest absolute Gasteiger partial charge is 0.240 e. The third kappa shape index (κ3) is 2.88. The zero-order chi connectivity index (χ0) is 21.7. The highest BCUT2D eigenvalue weighted by molar-refractivity contribution is 6.24. The molecule has 3 heterocycles. The molecule has 2 saturated heterocycles. The highest BCUT2D eigenvalue weighted by Gasteiger charge is 2.64. The van der Waals surface area contributed by atoms with Gasteiger partial charge >= 0.3 is 0 Å². The van der Waals surface area contributed by atoms with Crippen molar-refractivity contribution in [3.05, 3.63) is 71.8 Å². The molecule has 0 saturated carbocycles. The lowest BCUT2D eigenvalue weighted by atomic mass is 9.86. The molecule has 31 heavy (non-hydrogen) atoms. The number of benzene rings is 2. The van der Waals surface area contributed by atoms with Crippen LogP contribution in [0.15, 0.2) is 65.8 Å². The lowest BCUT2D eigenvalue weighted by Gasteiger charge is -2.30. The molecule has 2 fully saturated rings. The Morgan fingerprint density at radius 3 is 2.32 bits per heavy atom. The Kier molecular flexibility index (Phi) is 4.46. The number of allylic oxidation sites excluding steroid dienone is 1. The Hall–Kier alpha value is -3.74. The van der Waals surface area contributed by atoms with Crippen LogP contribution in [0.3, 0.4) is 0 Å². The molecule has 7 heteroatoms. The fourth-order valence-corrected chi connectivity index (χ4v) is 4.71. The van der Waals surface area contributed by atoms with Crippen LogP contribution < -0.4 is 9.64 Å². The van der Waals surface area contributed by atoms with E-state index in [4.69, 9.17) is 4.74 Å². The molecule has 0 radical (unpaired) electrons. The van der Waals surface area contributed by atoms with Gasteiger partial charge in [0.25, 0.3) is 0 Å². The number of hydrazone groups is 1. The van der Waals surface area contributed by atoms with E-state index in [0.29, 0.717) is 17.0 Å². The van der Waals surface area contributed by atoms with Gasteiger partial charge in [-0.15, -0.1) is 0 Å². The normalized spacial score (nSPS) is 26.3. The summed E-state index contributed by atoms with van der Waals surface area (Å²) >= 11 is 0. The number of amides is 2. The number of imide groups is 1. The number of aryl methyl sites for hydroxylation is 1. The van der Waals surface area contributed by atoms with E-state index in [0.717, 1.165) is 5.56 Å². The zero-order valence-electron chi connectivity index (χ0n) is 17.1. The fourth-order valence-electron chi connectivity index (χ4n) is 4.71. The van der Waals surface area contributed by atoms with Gasteiger partial charge in [0.15, 0.2) is 5.78 Å². The van der Waals surface area contributed by atoms with Crippen molar-refractivity contribution in [2.45, 2.75) is 19.0 Å². The van der Waals surface area contributed by atoms with Gasteiger partial charge in [0.2, 0.25) is 11.8 Å². The molecular weight excluding hydrogens is 394 g/mol. The van der Waals surface area contributed by atoms with Gasteiger partial charge in [0.05, 0.1) is 30.7 Å². The van der Waals surface area contributed by atoms with Gasteiger partial charge in [-0.05, 0) is 49.4 Å². The average molecular weight is 415 g/mol. The molecule has 156 valence electrons. The number of ether oxygens (including phenoxy) is 1. The van der Waals surface area contributed by atoms with Crippen LogP contribution in [-0.2, 0) is 9.59 Å². The van der Waals surface area contributed by atoms with Crippen LogP contribution in [-0.4, -0.2) is 48.0 Å². The van der Waals surface area contributed by atoms with Crippen LogP contribution >= 0.6 is 0 Å². The summed E-state index contributed by atoms with van der Waals surface area (Å²) in [6, 6.07) is 12.7. The number of anilines is 1. The Morgan fingerprint density at radius 2 is 1.65 bits per heavy atom. The molecule has 2 aromatic rings. The summed E-state index contributed by atoms with van der Waals surface area (Å²) in [7, 11) is 1.56. The zero-order valence-corrected chi connectivity index (χ0v) is 17.1. The molecule has 2 amide bonds. The van der Waals surface area contributed by atoms with Gasteiger partial charge in [0.1, 0.15) is 11.8 Å². The summed E-state index contributed by atoms with van der Waals surface area (Å²) in [4.78, 5) is 41.6. The second-order valence-electron chi connectivity index (χ2n) is 7.96. The second kappa shape index (κ2) is 7.19. The molecule has 0 N–H and O–H groups in total. The maximum atomic E-state index is 13.5. The minimum Gasteiger partial charge on any atom is -0.497 e. The third-order valence-corrected chi connectivity index (χ3v) is 6.23. The van der Waals surface area contributed by atoms with Crippen LogP contribution in [0.4, 0.5) is 5.69 Å². The van der Waals surface area contributed by atoms with Crippen molar-refractivity contribution in [2.75, 3.05) is 12.0 Å². The molecule has 0 aromatic heterocycles. The van der Waals surface area contributed by atoms with Gasteiger partial charge in [-0.3, -0.25) is 19.4 Å². The second-order valence-corrected chi connectivity index (χ2v) is 7.96. The van der Waals surface area contributed by atoms with E-state index < -0.39 is 23.9 Å². The SMILES string of the molecule is COc1ccc(C(=O)[C@H]2[C@H]3C(=O)N(c4ccc(C)cc4)C(=O)[C@H]3C3C=CC=NN32)cc1. The third-order valence-electron chi connectivity index (χ3n) is 6.23. The van der Waals surface area contributed by atoms with Crippen LogP contribution in [0.25, 0.3) is 0 Å². The molecule has 1 unspecified atom stereocenters. The van der Waals surface area contributed by atoms with E-state index in [1.165, 1.54) is 4.90 Å². The minimum absolute atomic E-state index is 0.237. The van der Waals surface area contributed by atoms with Crippen LogP contribution in [0.2, 0.25) is 0 Å². The van der Waals surface area contributed by atoms with Gasteiger partial charge in [0, 0.05) is 11.8 Å². The van der Waals surface area contributed by atoms with E-state index >= 15 is 0 Å². The lowest BCUT2D eigenvalue weighted by Crippen LogP contribution is -2.46. The number of fused-ring (bicyclic) bond motifs is 3. The standard InChI is InChI=1S/C24H21N3O4/c1-14-5-9-16(10-6-14)26-23(29)19-18-4-3-13-25-27(18)21(20(19)24(26)30)22(28)15-7-11-17(31-2)12-8-15/h3-13,18-21H,1-2H3/t18?,19-,20-,21+/m0/s1. The summed E-state index contributed by atoms with van der Waals surface area (Å²) in [5.74, 6) is -1.71. The van der Waals surface area contributed by atoms with E-state index in [9.17, 15) is 14.4 Å². The largest absolute Gasteiger partial charge is 0.497 e. The number of carbonyl (C=O) groups excluding carboxylic acids is 3. The average Bonchev–Trinajstić information content (AvgIpc) is 3.27. The number of carbonyl (C=O) groups is 3. The van der Waals surface area contributed by atoms with Crippen molar-refractivity contribution < 1.29 is 19.1 Å². The number of ketones is 1. The molecule has 3 aliphatic heterocycles. The van der Waals surface area contributed by atoms with Crippen molar-refractivity contribution in [1.82, 2.24) is 5.01 Å².